The molecular weight excluding hydrogens is 324 g/mol. The van der Waals surface area contributed by atoms with Crippen molar-refractivity contribution in [3.8, 4) is 0 Å². The van der Waals surface area contributed by atoms with Crippen LogP contribution in [-0.2, 0) is 9.59 Å². The van der Waals surface area contributed by atoms with Gasteiger partial charge in [0, 0.05) is 4.47 Å². The van der Waals surface area contributed by atoms with Crippen LogP contribution in [0.3, 0.4) is 0 Å². The van der Waals surface area contributed by atoms with Gasteiger partial charge in [-0.2, -0.15) is 0 Å². The van der Waals surface area contributed by atoms with Gasteiger partial charge in [-0.1, -0.05) is 26.0 Å². The second-order valence-electron chi connectivity index (χ2n) is 4.93. The van der Waals surface area contributed by atoms with Gasteiger partial charge >= 0.3 is 5.97 Å². The molecule has 1 atom stereocenters. The fraction of sp³-hybridized carbons (Fsp3) is 0.429. The quantitative estimate of drug-likeness (QED) is 0.711. The first-order chi connectivity index (χ1) is 9.40. The lowest BCUT2D eigenvalue weighted by molar-refractivity contribution is -0.141. The van der Waals surface area contributed by atoms with E-state index in [1.807, 2.05) is 19.9 Å². The number of carbonyl (C=O) groups is 2. The number of rotatable bonds is 7. The highest BCUT2D eigenvalue weighted by Crippen LogP contribution is 2.21. The van der Waals surface area contributed by atoms with Crippen LogP contribution in [0.1, 0.15) is 20.3 Å². The van der Waals surface area contributed by atoms with Gasteiger partial charge in [0.25, 0.3) is 0 Å². The number of para-hydroxylation sites is 1. The first-order valence-corrected chi connectivity index (χ1v) is 7.20. The molecule has 1 rings (SSSR count). The Balaban J connectivity index is 2.58. The first-order valence-electron chi connectivity index (χ1n) is 6.40. The van der Waals surface area contributed by atoms with Gasteiger partial charge in [-0.25, -0.2) is 0 Å². The Bertz CT molecular complexity index is 477. The van der Waals surface area contributed by atoms with Gasteiger partial charge in [0.15, 0.2) is 0 Å². The van der Waals surface area contributed by atoms with Crippen molar-refractivity contribution in [3.05, 3.63) is 28.7 Å². The van der Waals surface area contributed by atoms with Crippen LogP contribution in [0.4, 0.5) is 5.69 Å². The lowest BCUT2D eigenvalue weighted by atomic mass is 10.1. The molecule has 0 saturated carbocycles. The van der Waals surface area contributed by atoms with E-state index in [1.165, 1.54) is 0 Å². The maximum absolute atomic E-state index is 11.9. The molecule has 0 heterocycles. The van der Waals surface area contributed by atoms with E-state index in [2.05, 4.69) is 26.6 Å². The summed E-state index contributed by atoms with van der Waals surface area (Å²) in [6, 6.07) is 6.32. The Labute approximate surface area is 126 Å². The van der Waals surface area contributed by atoms with Gasteiger partial charge in [-0.15, -0.1) is 0 Å². The number of hydrogen-bond donors (Lipinski definition) is 3. The molecule has 1 amide bonds. The van der Waals surface area contributed by atoms with E-state index < -0.39 is 12.0 Å². The van der Waals surface area contributed by atoms with Crippen molar-refractivity contribution in [3.63, 3.8) is 0 Å². The molecular formula is C14H19BrN2O3. The fourth-order valence-electron chi connectivity index (χ4n) is 1.57. The number of nitrogens with one attached hydrogen (secondary N) is 2. The molecule has 0 aromatic heterocycles. The van der Waals surface area contributed by atoms with Crippen LogP contribution in [0, 0.1) is 5.92 Å². The van der Waals surface area contributed by atoms with Crippen LogP contribution in [0.25, 0.3) is 0 Å². The van der Waals surface area contributed by atoms with Gasteiger partial charge < -0.3 is 15.7 Å². The lowest BCUT2D eigenvalue weighted by Gasteiger charge is -2.16. The molecule has 0 bridgehead atoms. The summed E-state index contributed by atoms with van der Waals surface area (Å²) in [6.45, 7) is 4.51. The molecule has 0 aliphatic carbocycles. The highest BCUT2D eigenvalue weighted by molar-refractivity contribution is 9.10. The molecule has 1 aromatic rings. The molecule has 1 unspecified atom stereocenters. The van der Waals surface area contributed by atoms with E-state index in [0.717, 1.165) is 4.47 Å². The van der Waals surface area contributed by atoms with Gasteiger partial charge in [0.1, 0.15) is 6.04 Å². The van der Waals surface area contributed by atoms with E-state index in [-0.39, 0.29) is 12.3 Å². The zero-order valence-corrected chi connectivity index (χ0v) is 13.1. The van der Waals surface area contributed by atoms with Crippen LogP contribution in [-0.4, -0.2) is 29.6 Å². The van der Waals surface area contributed by atoms with E-state index in [9.17, 15) is 9.59 Å². The van der Waals surface area contributed by atoms with Gasteiger partial charge in [-0.05, 0) is 40.5 Å². The molecule has 0 saturated heterocycles. The predicted octanol–water partition coefficient (Wildman–Crippen LogP) is 2.48. The summed E-state index contributed by atoms with van der Waals surface area (Å²) in [7, 11) is 0. The normalized spacial score (nSPS) is 12.2. The average molecular weight is 343 g/mol. The summed E-state index contributed by atoms with van der Waals surface area (Å²) >= 11 is 3.32. The number of aliphatic carboxylic acids is 1. The van der Waals surface area contributed by atoms with Crippen molar-refractivity contribution in [1.29, 1.82) is 0 Å². The topological polar surface area (TPSA) is 78.4 Å². The number of carboxylic acid groups (broad SMARTS) is 1. The molecule has 0 radical (unpaired) electrons. The van der Waals surface area contributed by atoms with E-state index in [1.54, 1.807) is 18.2 Å². The molecule has 0 aliphatic heterocycles. The lowest BCUT2D eigenvalue weighted by Crippen LogP contribution is -2.41. The van der Waals surface area contributed by atoms with Crippen LogP contribution < -0.4 is 10.6 Å². The van der Waals surface area contributed by atoms with Crippen molar-refractivity contribution in [2.75, 3.05) is 11.9 Å². The minimum Gasteiger partial charge on any atom is -0.480 e. The third-order valence-electron chi connectivity index (χ3n) is 2.61. The molecule has 6 heteroatoms. The van der Waals surface area contributed by atoms with Crippen LogP contribution in [0.2, 0.25) is 0 Å². The molecule has 3 N–H and O–H groups in total. The molecule has 110 valence electrons. The first kappa shape index (κ1) is 16.7. The smallest absolute Gasteiger partial charge is 0.321 e. The number of benzene rings is 1. The molecule has 0 fully saturated rings. The van der Waals surface area contributed by atoms with Crippen LogP contribution >= 0.6 is 15.9 Å². The monoisotopic (exact) mass is 342 g/mol. The zero-order chi connectivity index (χ0) is 15.1. The number of anilines is 1. The second kappa shape index (κ2) is 8.01. The summed E-state index contributed by atoms with van der Waals surface area (Å²) in [6.07, 6.45) is -0.108. The highest BCUT2D eigenvalue weighted by atomic mass is 79.9. The van der Waals surface area contributed by atoms with E-state index in [4.69, 9.17) is 5.11 Å². The summed E-state index contributed by atoms with van der Waals surface area (Å²) in [5.41, 5.74) is 0.630. The maximum atomic E-state index is 11.9. The summed E-state index contributed by atoms with van der Waals surface area (Å²) in [5.74, 6) is -1.03. The standard InChI is InChI=1S/C14H19BrN2O3/c1-9(2)8-16-12(14(19)20)7-13(18)17-11-6-4-3-5-10(11)15/h3-6,9,12,16H,7-8H2,1-2H3,(H,17,18)(H,19,20). The molecule has 20 heavy (non-hydrogen) atoms. The third kappa shape index (κ3) is 5.71. The van der Waals surface area contributed by atoms with Gasteiger partial charge in [0.05, 0.1) is 12.1 Å². The Hall–Kier alpha value is -1.40. The Morgan fingerprint density at radius 2 is 1.95 bits per heavy atom. The fourth-order valence-corrected chi connectivity index (χ4v) is 1.96. The molecule has 1 aromatic carbocycles. The number of amides is 1. The van der Waals surface area contributed by atoms with Gasteiger partial charge in [-0.3, -0.25) is 9.59 Å². The zero-order valence-electron chi connectivity index (χ0n) is 11.5. The van der Waals surface area contributed by atoms with E-state index >= 15 is 0 Å². The third-order valence-corrected chi connectivity index (χ3v) is 3.30. The maximum Gasteiger partial charge on any atom is 0.321 e. The van der Waals surface area contributed by atoms with Crippen molar-refractivity contribution in [2.24, 2.45) is 5.92 Å². The van der Waals surface area contributed by atoms with Gasteiger partial charge in [0.2, 0.25) is 5.91 Å². The van der Waals surface area contributed by atoms with Crippen molar-refractivity contribution in [2.45, 2.75) is 26.3 Å². The summed E-state index contributed by atoms with van der Waals surface area (Å²) < 4.78 is 0.760. The average Bonchev–Trinajstić information content (AvgIpc) is 2.36. The molecule has 0 spiro atoms. The predicted molar refractivity (Wildman–Crippen MR) is 81.7 cm³/mol. The van der Waals surface area contributed by atoms with Crippen LogP contribution in [0.5, 0.6) is 0 Å². The minimum atomic E-state index is -1.02. The summed E-state index contributed by atoms with van der Waals surface area (Å²) in [5, 5.41) is 14.7. The van der Waals surface area contributed by atoms with E-state index in [0.29, 0.717) is 18.2 Å². The Morgan fingerprint density at radius 1 is 1.30 bits per heavy atom. The minimum absolute atomic E-state index is 0.108. The second-order valence-corrected chi connectivity index (χ2v) is 5.78. The number of carboxylic acids is 1. The largest absolute Gasteiger partial charge is 0.480 e. The summed E-state index contributed by atoms with van der Waals surface area (Å²) in [4.78, 5) is 23.0. The molecule has 0 aliphatic rings. The number of halogens is 1. The number of hydrogen-bond acceptors (Lipinski definition) is 3. The Morgan fingerprint density at radius 3 is 2.50 bits per heavy atom. The SMILES string of the molecule is CC(C)CNC(CC(=O)Nc1ccccc1Br)C(=O)O. The highest BCUT2D eigenvalue weighted by Gasteiger charge is 2.21. The van der Waals surface area contributed by atoms with Crippen molar-refractivity contribution < 1.29 is 14.7 Å². The van der Waals surface area contributed by atoms with Crippen molar-refractivity contribution >= 4 is 33.5 Å². The number of carbonyl (C=O) groups excluding carboxylic acids is 1. The van der Waals surface area contributed by atoms with Crippen LogP contribution in [0.15, 0.2) is 28.7 Å². The van der Waals surface area contributed by atoms with Crippen molar-refractivity contribution in [1.82, 2.24) is 5.32 Å². The Kier molecular flexibility index (Phi) is 6.67. The molecule has 5 nitrogen and oxygen atoms in total.